The van der Waals surface area contributed by atoms with Gasteiger partial charge in [-0.15, -0.1) is 6.58 Å². The van der Waals surface area contributed by atoms with Gasteiger partial charge in [0, 0.05) is 42.7 Å². The van der Waals surface area contributed by atoms with Gasteiger partial charge >= 0.3 is 0 Å². The lowest BCUT2D eigenvalue weighted by Crippen LogP contribution is -2.63. The number of hydrogen-bond acceptors (Lipinski definition) is 3. The van der Waals surface area contributed by atoms with Gasteiger partial charge < -0.3 is 5.32 Å². The van der Waals surface area contributed by atoms with Crippen molar-refractivity contribution in [3.05, 3.63) is 12.7 Å². The molecule has 98 valence electrons. The molecule has 1 heterocycles. The van der Waals surface area contributed by atoms with Crippen LogP contribution in [0.3, 0.4) is 0 Å². The van der Waals surface area contributed by atoms with Crippen molar-refractivity contribution in [2.24, 2.45) is 5.92 Å². The number of thioether (sulfide) groups is 1. The molecule has 0 amide bonds. The van der Waals surface area contributed by atoms with E-state index in [9.17, 15) is 0 Å². The summed E-state index contributed by atoms with van der Waals surface area (Å²) in [6.07, 6.45) is 4.86. The summed E-state index contributed by atoms with van der Waals surface area (Å²) in [6, 6.07) is 0.686. The van der Waals surface area contributed by atoms with E-state index >= 15 is 0 Å². The van der Waals surface area contributed by atoms with Crippen LogP contribution in [0.25, 0.3) is 0 Å². The highest BCUT2D eigenvalue weighted by Gasteiger charge is 2.44. The lowest BCUT2D eigenvalue weighted by atomic mass is 9.91. The Hall–Kier alpha value is 0.01000. The third-order valence-corrected chi connectivity index (χ3v) is 5.14. The highest BCUT2D eigenvalue weighted by atomic mass is 32.2. The molecule has 0 aromatic heterocycles. The minimum atomic E-state index is 0.385. The van der Waals surface area contributed by atoms with E-state index < -0.39 is 0 Å². The summed E-state index contributed by atoms with van der Waals surface area (Å²) in [4.78, 5) is 2.67. The van der Waals surface area contributed by atoms with Crippen LogP contribution in [0.4, 0.5) is 0 Å². The Kier molecular flexibility index (Phi) is 4.56. The van der Waals surface area contributed by atoms with E-state index in [0.717, 1.165) is 18.2 Å². The van der Waals surface area contributed by atoms with E-state index in [1.54, 1.807) is 0 Å². The van der Waals surface area contributed by atoms with Gasteiger partial charge in [0.1, 0.15) is 0 Å². The summed E-state index contributed by atoms with van der Waals surface area (Å²) >= 11 is 1.99. The van der Waals surface area contributed by atoms with Gasteiger partial charge in [-0.25, -0.2) is 0 Å². The molecular formula is C14H26N2S. The molecule has 1 N–H and O–H groups in total. The van der Waals surface area contributed by atoms with Crippen LogP contribution in [-0.4, -0.2) is 47.6 Å². The maximum absolute atomic E-state index is 3.77. The molecule has 17 heavy (non-hydrogen) atoms. The Morgan fingerprint density at radius 1 is 1.53 bits per heavy atom. The maximum Gasteiger partial charge on any atom is 0.0309 e. The van der Waals surface area contributed by atoms with Crippen LogP contribution in [0.15, 0.2) is 12.7 Å². The van der Waals surface area contributed by atoms with Crippen molar-refractivity contribution >= 4 is 11.8 Å². The van der Waals surface area contributed by atoms with E-state index in [2.05, 4.69) is 30.6 Å². The molecule has 0 bridgehead atoms. The monoisotopic (exact) mass is 254 g/mol. The second-order valence-electron chi connectivity index (χ2n) is 5.76. The molecule has 0 spiro atoms. The quantitative estimate of drug-likeness (QED) is 0.579. The van der Waals surface area contributed by atoms with Gasteiger partial charge in [-0.2, -0.15) is 11.8 Å². The Labute approximate surface area is 110 Å². The van der Waals surface area contributed by atoms with Crippen LogP contribution in [0, 0.1) is 5.92 Å². The highest BCUT2D eigenvalue weighted by molar-refractivity contribution is 7.99. The molecule has 2 nitrogen and oxygen atoms in total. The molecule has 1 saturated carbocycles. The van der Waals surface area contributed by atoms with E-state index in [1.165, 1.54) is 31.7 Å². The summed E-state index contributed by atoms with van der Waals surface area (Å²) in [5, 5.41) is 3.77. The molecule has 0 aromatic rings. The molecule has 1 saturated heterocycles. The average molecular weight is 254 g/mol. The number of nitrogens with one attached hydrogen (secondary N) is 1. The van der Waals surface area contributed by atoms with Crippen molar-refractivity contribution in [3.63, 3.8) is 0 Å². The zero-order valence-electron chi connectivity index (χ0n) is 11.2. The van der Waals surface area contributed by atoms with Crippen LogP contribution in [-0.2, 0) is 0 Å². The molecule has 0 aromatic carbocycles. The van der Waals surface area contributed by atoms with Crippen LogP contribution < -0.4 is 5.32 Å². The molecule has 1 aliphatic heterocycles. The Balaban J connectivity index is 1.79. The fourth-order valence-electron chi connectivity index (χ4n) is 2.79. The second-order valence-corrected chi connectivity index (χ2v) is 6.91. The topological polar surface area (TPSA) is 15.3 Å². The van der Waals surface area contributed by atoms with E-state index in [4.69, 9.17) is 0 Å². The van der Waals surface area contributed by atoms with Gasteiger partial charge in [0.25, 0.3) is 0 Å². The average Bonchev–Trinajstić information content (AvgIpc) is 3.13. The minimum absolute atomic E-state index is 0.385. The summed E-state index contributed by atoms with van der Waals surface area (Å²) in [5.41, 5.74) is 0.385. The van der Waals surface area contributed by atoms with Crippen molar-refractivity contribution in [3.8, 4) is 0 Å². The molecule has 2 fully saturated rings. The zero-order valence-corrected chi connectivity index (χ0v) is 12.1. The van der Waals surface area contributed by atoms with Crippen molar-refractivity contribution in [1.29, 1.82) is 0 Å². The summed E-state index contributed by atoms with van der Waals surface area (Å²) < 4.78 is 0. The van der Waals surface area contributed by atoms with Gasteiger partial charge in [0.05, 0.1) is 0 Å². The molecule has 3 heteroatoms. The minimum Gasteiger partial charge on any atom is -0.308 e. The van der Waals surface area contributed by atoms with Crippen LogP contribution in [0.1, 0.15) is 26.7 Å². The van der Waals surface area contributed by atoms with E-state index in [-0.39, 0.29) is 0 Å². The zero-order chi connectivity index (χ0) is 12.3. The van der Waals surface area contributed by atoms with Crippen molar-refractivity contribution < 1.29 is 0 Å². The SMILES string of the molecule is C=CCSCCN1CC(C)(C2CC2)NCC1C. The van der Waals surface area contributed by atoms with E-state index in [0.29, 0.717) is 11.6 Å². The van der Waals surface area contributed by atoms with E-state index in [1.807, 2.05) is 17.8 Å². The summed E-state index contributed by atoms with van der Waals surface area (Å²) in [7, 11) is 0. The molecule has 0 radical (unpaired) electrons. The van der Waals surface area contributed by atoms with Crippen LogP contribution in [0.5, 0.6) is 0 Å². The van der Waals surface area contributed by atoms with Gasteiger partial charge in [-0.3, -0.25) is 4.90 Å². The van der Waals surface area contributed by atoms with Gasteiger partial charge in [0.15, 0.2) is 0 Å². The van der Waals surface area contributed by atoms with Gasteiger partial charge in [-0.05, 0) is 32.6 Å². The third-order valence-electron chi connectivity index (χ3n) is 4.19. The smallest absolute Gasteiger partial charge is 0.0309 e. The fourth-order valence-corrected chi connectivity index (χ4v) is 3.48. The predicted octanol–water partition coefficient (Wildman–Crippen LogP) is 2.37. The first kappa shape index (κ1) is 13.4. The molecule has 2 rings (SSSR count). The lowest BCUT2D eigenvalue weighted by molar-refractivity contribution is 0.0894. The lowest BCUT2D eigenvalue weighted by Gasteiger charge is -2.45. The summed E-state index contributed by atoms with van der Waals surface area (Å²) in [6.45, 7) is 12.1. The van der Waals surface area contributed by atoms with Gasteiger partial charge in [-0.1, -0.05) is 6.08 Å². The number of hydrogen-bond donors (Lipinski definition) is 1. The maximum atomic E-state index is 3.77. The number of piperazine rings is 1. The molecule has 2 atom stereocenters. The predicted molar refractivity (Wildman–Crippen MR) is 77.7 cm³/mol. The molecule has 2 aliphatic rings. The number of nitrogens with zero attached hydrogens (tertiary/aromatic N) is 1. The number of rotatable bonds is 6. The summed E-state index contributed by atoms with van der Waals surface area (Å²) in [5.74, 6) is 3.25. The normalized spacial score (nSPS) is 34.8. The highest BCUT2D eigenvalue weighted by Crippen LogP contribution is 2.41. The first-order valence-corrected chi connectivity index (χ1v) is 7.99. The van der Waals surface area contributed by atoms with Crippen molar-refractivity contribution in [2.45, 2.75) is 38.3 Å². The van der Waals surface area contributed by atoms with Crippen molar-refractivity contribution in [2.75, 3.05) is 31.1 Å². The van der Waals surface area contributed by atoms with Crippen molar-refractivity contribution in [1.82, 2.24) is 10.2 Å². The van der Waals surface area contributed by atoms with Crippen LogP contribution in [0.2, 0.25) is 0 Å². The largest absolute Gasteiger partial charge is 0.308 e. The Morgan fingerprint density at radius 2 is 2.29 bits per heavy atom. The fraction of sp³-hybridized carbons (Fsp3) is 0.857. The Bertz CT molecular complexity index is 265. The third kappa shape index (κ3) is 3.49. The standard InChI is InChI=1S/C14H26N2S/c1-4-8-17-9-7-16-11-14(3,13-5-6-13)15-10-12(16)2/h4,12-13,15H,1,5-11H2,2-3H3. The molecular weight excluding hydrogens is 228 g/mol. The van der Waals surface area contributed by atoms with Crippen LogP contribution >= 0.6 is 11.8 Å². The van der Waals surface area contributed by atoms with Gasteiger partial charge in [0.2, 0.25) is 0 Å². The first-order valence-electron chi connectivity index (χ1n) is 6.83. The Morgan fingerprint density at radius 3 is 2.94 bits per heavy atom. The molecule has 1 aliphatic carbocycles. The molecule has 2 unspecified atom stereocenters. The first-order chi connectivity index (χ1) is 8.15. The second kappa shape index (κ2) is 5.77.